The van der Waals surface area contributed by atoms with E-state index >= 15 is 0 Å². The predicted octanol–water partition coefficient (Wildman–Crippen LogP) is 3.66. The van der Waals surface area contributed by atoms with Crippen molar-refractivity contribution in [3.05, 3.63) is 58.9 Å². The van der Waals surface area contributed by atoms with E-state index in [4.69, 9.17) is 15.3 Å². The largest absolute Gasteiger partial charge is 0.507 e. The molecule has 0 saturated carbocycles. The van der Waals surface area contributed by atoms with Crippen LogP contribution in [0.25, 0.3) is 0 Å². The molecule has 2 heterocycles. The number of carbonyl (C=O) groups excluding carboxylic acids is 1. The Morgan fingerprint density at radius 2 is 2.03 bits per heavy atom. The van der Waals surface area contributed by atoms with Crippen LogP contribution in [0.4, 0.5) is 14.9 Å². The number of ether oxygens (including phenoxy) is 1. The van der Waals surface area contributed by atoms with Crippen molar-refractivity contribution < 1.29 is 23.9 Å². The van der Waals surface area contributed by atoms with Crippen LogP contribution in [0.3, 0.4) is 0 Å². The number of benzene rings is 2. The Morgan fingerprint density at radius 1 is 1.29 bits per heavy atom. The zero-order valence-corrected chi connectivity index (χ0v) is 17.5. The maximum absolute atomic E-state index is 13.7. The molecule has 0 aromatic heterocycles. The SMILES string of the molecule is Cc1ccc2c(c1O)C[C@@H](C1CCN(OC(=O)Nc3ccccc3F)CC1)O[C@H]2CN. The fourth-order valence-electron chi connectivity index (χ4n) is 4.43. The van der Waals surface area contributed by atoms with Crippen molar-refractivity contribution in [2.45, 2.75) is 38.4 Å². The Morgan fingerprint density at radius 3 is 2.74 bits per heavy atom. The average Bonchev–Trinajstić information content (AvgIpc) is 2.78. The van der Waals surface area contributed by atoms with Crippen LogP contribution < -0.4 is 11.1 Å². The molecule has 0 unspecified atom stereocenters. The first-order chi connectivity index (χ1) is 15.0. The van der Waals surface area contributed by atoms with Gasteiger partial charge in [-0.1, -0.05) is 24.3 Å². The number of phenols is 1. The number of hydrogen-bond donors (Lipinski definition) is 3. The van der Waals surface area contributed by atoms with E-state index in [1.165, 1.54) is 12.1 Å². The van der Waals surface area contributed by atoms with E-state index in [2.05, 4.69) is 5.32 Å². The summed E-state index contributed by atoms with van der Waals surface area (Å²) in [7, 11) is 0. The lowest BCUT2D eigenvalue weighted by Gasteiger charge is -2.39. The van der Waals surface area contributed by atoms with Gasteiger partial charge in [-0.25, -0.2) is 9.18 Å². The molecule has 2 aliphatic heterocycles. The topological polar surface area (TPSA) is 97.0 Å². The zero-order chi connectivity index (χ0) is 22.0. The van der Waals surface area contributed by atoms with Crippen molar-refractivity contribution in [3.63, 3.8) is 0 Å². The summed E-state index contributed by atoms with van der Waals surface area (Å²) in [6, 6.07) is 9.83. The first-order valence-corrected chi connectivity index (χ1v) is 10.6. The molecular formula is C23H28FN3O4. The minimum atomic E-state index is -0.713. The summed E-state index contributed by atoms with van der Waals surface area (Å²) in [4.78, 5) is 17.4. The zero-order valence-electron chi connectivity index (χ0n) is 17.5. The first-order valence-electron chi connectivity index (χ1n) is 10.6. The highest BCUT2D eigenvalue weighted by molar-refractivity contribution is 5.84. The van der Waals surface area contributed by atoms with Crippen molar-refractivity contribution >= 4 is 11.8 Å². The Labute approximate surface area is 180 Å². The molecule has 2 aliphatic rings. The molecule has 166 valence electrons. The van der Waals surface area contributed by atoms with E-state index in [9.17, 15) is 14.3 Å². The van der Waals surface area contributed by atoms with E-state index in [1.807, 2.05) is 19.1 Å². The lowest BCUT2D eigenvalue weighted by molar-refractivity contribution is -0.133. The Balaban J connectivity index is 1.34. The molecule has 0 bridgehead atoms. The van der Waals surface area contributed by atoms with Gasteiger partial charge in [0.05, 0.1) is 17.9 Å². The molecule has 0 spiro atoms. The third-order valence-corrected chi connectivity index (χ3v) is 6.17. The maximum Gasteiger partial charge on any atom is 0.430 e. The van der Waals surface area contributed by atoms with E-state index < -0.39 is 11.9 Å². The standard InChI is InChI=1S/C23H28FN3O4/c1-14-6-7-16-17(22(14)28)12-20(30-21(16)13-25)15-8-10-27(11-9-15)31-23(29)26-19-5-3-2-4-18(19)24/h2-7,15,20-21,28H,8-13,25H2,1H3,(H,26,29)/t20-,21-/m0/s1. The highest BCUT2D eigenvalue weighted by Crippen LogP contribution is 2.40. The third kappa shape index (κ3) is 4.66. The second-order valence-corrected chi connectivity index (χ2v) is 8.15. The number of nitrogens with zero attached hydrogens (tertiary/aromatic N) is 1. The summed E-state index contributed by atoms with van der Waals surface area (Å²) in [5, 5.41) is 14.6. The van der Waals surface area contributed by atoms with Crippen LogP contribution in [-0.4, -0.2) is 42.0 Å². The first kappa shape index (κ1) is 21.5. The Hall–Kier alpha value is -2.68. The summed E-state index contributed by atoms with van der Waals surface area (Å²) < 4.78 is 20.0. The van der Waals surface area contributed by atoms with Gasteiger partial charge in [0, 0.05) is 31.6 Å². The monoisotopic (exact) mass is 429 g/mol. The molecule has 4 N–H and O–H groups in total. The number of rotatable bonds is 4. The number of anilines is 1. The van der Waals surface area contributed by atoms with E-state index in [0.717, 1.165) is 29.5 Å². The second-order valence-electron chi connectivity index (χ2n) is 8.15. The lowest BCUT2D eigenvalue weighted by atomic mass is 9.83. The number of aromatic hydroxyl groups is 1. The number of phenolic OH excluding ortho intramolecular Hbond substituents is 1. The number of nitrogens with one attached hydrogen (secondary N) is 1. The van der Waals surface area contributed by atoms with Crippen LogP contribution in [0, 0.1) is 18.7 Å². The van der Waals surface area contributed by atoms with Gasteiger partial charge in [0.2, 0.25) is 0 Å². The Bertz CT molecular complexity index is 946. The number of carbonyl (C=O) groups is 1. The van der Waals surface area contributed by atoms with Gasteiger partial charge >= 0.3 is 6.09 Å². The second kappa shape index (κ2) is 9.21. The van der Waals surface area contributed by atoms with Crippen LogP contribution in [0.15, 0.2) is 36.4 Å². The summed E-state index contributed by atoms with van der Waals surface area (Å²) in [6.07, 6.45) is 1.19. The van der Waals surface area contributed by atoms with Crippen molar-refractivity contribution in [2.75, 3.05) is 25.0 Å². The summed E-state index contributed by atoms with van der Waals surface area (Å²) in [6.45, 7) is 3.34. The van der Waals surface area contributed by atoms with Crippen molar-refractivity contribution in [1.29, 1.82) is 0 Å². The molecule has 1 saturated heterocycles. The normalized spacial score (nSPS) is 22.0. The van der Waals surface area contributed by atoms with E-state index in [-0.39, 0.29) is 23.8 Å². The van der Waals surface area contributed by atoms with Gasteiger partial charge in [-0.15, -0.1) is 5.06 Å². The molecule has 1 amide bonds. The number of halogens is 1. The van der Waals surface area contributed by atoms with Crippen LogP contribution >= 0.6 is 0 Å². The number of amides is 1. The molecule has 2 aromatic rings. The number of piperidine rings is 1. The van der Waals surface area contributed by atoms with Gasteiger partial charge in [0.15, 0.2) is 0 Å². The van der Waals surface area contributed by atoms with Crippen molar-refractivity contribution in [3.8, 4) is 5.75 Å². The average molecular weight is 429 g/mol. The molecule has 2 atom stereocenters. The number of nitrogens with two attached hydrogens (primary N) is 1. The maximum atomic E-state index is 13.7. The van der Waals surface area contributed by atoms with Gasteiger partial charge in [0.25, 0.3) is 0 Å². The van der Waals surface area contributed by atoms with Crippen LogP contribution in [0.2, 0.25) is 0 Å². The molecule has 0 aliphatic carbocycles. The summed E-state index contributed by atoms with van der Waals surface area (Å²) in [5.41, 5.74) is 8.76. The summed E-state index contributed by atoms with van der Waals surface area (Å²) in [5.74, 6) is 0.0762. The minimum absolute atomic E-state index is 0.0526. The van der Waals surface area contributed by atoms with Gasteiger partial charge in [-0.3, -0.25) is 5.32 Å². The highest BCUT2D eigenvalue weighted by atomic mass is 19.1. The molecule has 0 radical (unpaired) electrons. The molecule has 2 aromatic carbocycles. The van der Waals surface area contributed by atoms with Gasteiger partial charge in [-0.2, -0.15) is 0 Å². The molecule has 4 rings (SSSR count). The highest BCUT2D eigenvalue weighted by Gasteiger charge is 2.36. The van der Waals surface area contributed by atoms with Crippen LogP contribution in [-0.2, 0) is 16.0 Å². The smallest absolute Gasteiger partial charge is 0.430 e. The number of aryl methyl sites for hydroxylation is 1. The van der Waals surface area contributed by atoms with Crippen molar-refractivity contribution in [2.24, 2.45) is 11.7 Å². The fraction of sp³-hybridized carbons (Fsp3) is 0.435. The minimum Gasteiger partial charge on any atom is -0.507 e. The van der Waals surface area contributed by atoms with Gasteiger partial charge in [0.1, 0.15) is 11.6 Å². The fourth-order valence-corrected chi connectivity index (χ4v) is 4.43. The molecule has 31 heavy (non-hydrogen) atoms. The number of para-hydroxylation sites is 1. The third-order valence-electron chi connectivity index (χ3n) is 6.17. The Kier molecular flexibility index (Phi) is 6.41. The van der Waals surface area contributed by atoms with Crippen LogP contribution in [0.5, 0.6) is 5.75 Å². The summed E-state index contributed by atoms with van der Waals surface area (Å²) >= 11 is 0. The number of fused-ring (bicyclic) bond motifs is 1. The van der Waals surface area contributed by atoms with E-state index in [0.29, 0.717) is 31.8 Å². The number of hydrogen-bond acceptors (Lipinski definition) is 6. The van der Waals surface area contributed by atoms with Crippen molar-refractivity contribution in [1.82, 2.24) is 5.06 Å². The lowest BCUT2D eigenvalue weighted by Crippen LogP contribution is -2.43. The number of hydroxylamine groups is 2. The molecule has 8 heteroatoms. The molecular weight excluding hydrogens is 401 g/mol. The van der Waals surface area contributed by atoms with Crippen LogP contribution in [0.1, 0.15) is 35.6 Å². The molecule has 1 fully saturated rings. The van der Waals surface area contributed by atoms with Gasteiger partial charge < -0.3 is 20.4 Å². The quantitative estimate of drug-likeness (QED) is 0.686. The molecule has 7 nitrogen and oxygen atoms in total. The predicted molar refractivity (Wildman–Crippen MR) is 114 cm³/mol. The van der Waals surface area contributed by atoms with E-state index in [1.54, 1.807) is 17.2 Å². The van der Waals surface area contributed by atoms with Gasteiger partial charge in [-0.05, 0) is 48.9 Å².